The van der Waals surface area contributed by atoms with Gasteiger partial charge in [-0.05, 0) is 37.1 Å². The van der Waals surface area contributed by atoms with Gasteiger partial charge in [-0.1, -0.05) is 29.8 Å². The molecule has 1 atom stereocenters. The van der Waals surface area contributed by atoms with Gasteiger partial charge in [0.2, 0.25) is 0 Å². The van der Waals surface area contributed by atoms with Gasteiger partial charge in [-0.15, -0.1) is 0 Å². The molecule has 1 unspecified atom stereocenters. The van der Waals surface area contributed by atoms with Gasteiger partial charge in [0.25, 0.3) is 5.91 Å². The van der Waals surface area contributed by atoms with Crippen LogP contribution in [0.2, 0.25) is 0 Å². The lowest BCUT2D eigenvalue weighted by Crippen LogP contribution is -2.35. The van der Waals surface area contributed by atoms with Gasteiger partial charge in [-0.25, -0.2) is 4.79 Å². The van der Waals surface area contributed by atoms with Crippen LogP contribution in [0.15, 0.2) is 42.5 Å². The van der Waals surface area contributed by atoms with E-state index in [1.807, 2.05) is 31.2 Å². The van der Waals surface area contributed by atoms with Crippen LogP contribution in [0.4, 0.5) is 16.2 Å². The summed E-state index contributed by atoms with van der Waals surface area (Å²) < 4.78 is 4.81. The fraction of sp³-hybridized carbons (Fsp3) is 0.375. The molecule has 1 heterocycles. The first-order valence-corrected chi connectivity index (χ1v) is 10.8. The maximum absolute atomic E-state index is 12.9. The number of anilines is 2. The number of amides is 2. The molecule has 1 aliphatic heterocycles. The Labute approximate surface area is 193 Å². The molecule has 1 fully saturated rings. The number of carboxylic acids is 1. The van der Waals surface area contributed by atoms with Crippen LogP contribution in [0.25, 0.3) is 0 Å². The van der Waals surface area contributed by atoms with Crippen LogP contribution in [-0.4, -0.2) is 61.3 Å². The minimum Gasteiger partial charge on any atom is -0.481 e. The van der Waals surface area contributed by atoms with Gasteiger partial charge in [0, 0.05) is 31.7 Å². The Morgan fingerprint density at radius 3 is 2.45 bits per heavy atom. The van der Waals surface area contributed by atoms with Crippen LogP contribution < -0.4 is 16.0 Å². The van der Waals surface area contributed by atoms with Crippen molar-refractivity contribution in [2.24, 2.45) is 0 Å². The van der Waals surface area contributed by atoms with Crippen molar-refractivity contribution in [2.75, 3.05) is 43.9 Å². The van der Waals surface area contributed by atoms with Crippen LogP contribution in [0.3, 0.4) is 0 Å². The van der Waals surface area contributed by atoms with Gasteiger partial charge in [-0.2, -0.15) is 0 Å². The Hall–Kier alpha value is -3.75. The Balaban J connectivity index is 1.72. The third-order valence-electron chi connectivity index (χ3n) is 5.72. The molecule has 2 aromatic carbocycles. The Morgan fingerprint density at radius 2 is 1.82 bits per heavy atom. The number of hydrogen-bond acceptors (Lipinski definition) is 6. The molecule has 3 rings (SSSR count). The first kappa shape index (κ1) is 23.9. The number of methoxy groups -OCH3 is 1. The molecule has 33 heavy (non-hydrogen) atoms. The number of aliphatic carboxylic acids is 1. The molecular weight excluding hydrogens is 424 g/mol. The molecule has 9 nitrogen and oxygen atoms in total. The van der Waals surface area contributed by atoms with Crippen molar-refractivity contribution in [2.45, 2.75) is 25.8 Å². The number of hydrogen-bond donors (Lipinski definition) is 3. The molecule has 1 saturated heterocycles. The average molecular weight is 455 g/mol. The number of carbonyl (C=O) groups is 3. The second-order valence-electron chi connectivity index (χ2n) is 8.11. The molecule has 4 N–H and O–H groups in total. The zero-order chi connectivity index (χ0) is 24.0. The highest BCUT2D eigenvalue weighted by molar-refractivity contribution is 5.96. The van der Waals surface area contributed by atoms with Gasteiger partial charge in [0.05, 0.1) is 30.9 Å². The van der Waals surface area contributed by atoms with E-state index < -0.39 is 17.9 Å². The van der Waals surface area contributed by atoms with Crippen LogP contribution >= 0.6 is 0 Å². The number of ether oxygens (including phenoxy) is 1. The summed E-state index contributed by atoms with van der Waals surface area (Å²) in [5.74, 6) is -1.40. The summed E-state index contributed by atoms with van der Waals surface area (Å²) in [4.78, 5) is 39.8. The summed E-state index contributed by atoms with van der Waals surface area (Å²) >= 11 is 0. The van der Waals surface area contributed by atoms with Gasteiger partial charge < -0.3 is 30.7 Å². The van der Waals surface area contributed by atoms with E-state index in [0.29, 0.717) is 30.9 Å². The number of carbonyl (C=O) groups excluding carboxylic acids is 2. The van der Waals surface area contributed by atoms with Crippen molar-refractivity contribution >= 4 is 29.3 Å². The number of benzene rings is 2. The minimum absolute atomic E-state index is 0.229. The third kappa shape index (κ3) is 6.15. The SMILES string of the molecule is COC(=O)N1CCCN(c2ccc(C(=O)NC(CC(=O)O)c3ccc(C)cc3)cc2N)CC1. The second kappa shape index (κ2) is 10.7. The van der Waals surface area contributed by atoms with Crippen LogP contribution in [-0.2, 0) is 9.53 Å². The van der Waals surface area contributed by atoms with E-state index in [9.17, 15) is 19.5 Å². The highest BCUT2D eigenvalue weighted by atomic mass is 16.5. The Kier molecular flexibility index (Phi) is 7.76. The van der Waals surface area contributed by atoms with E-state index >= 15 is 0 Å². The predicted octanol–water partition coefficient (Wildman–Crippen LogP) is 2.80. The molecule has 1 aliphatic rings. The van der Waals surface area contributed by atoms with Crippen molar-refractivity contribution in [3.63, 3.8) is 0 Å². The molecule has 0 bridgehead atoms. The smallest absolute Gasteiger partial charge is 0.409 e. The van der Waals surface area contributed by atoms with E-state index in [1.165, 1.54) is 7.11 Å². The van der Waals surface area contributed by atoms with Gasteiger partial charge in [-0.3, -0.25) is 9.59 Å². The largest absolute Gasteiger partial charge is 0.481 e. The molecule has 0 spiro atoms. The molecule has 0 aliphatic carbocycles. The number of nitrogens with two attached hydrogens (primary N) is 1. The summed E-state index contributed by atoms with van der Waals surface area (Å²) in [6, 6.07) is 11.8. The maximum Gasteiger partial charge on any atom is 0.409 e. The monoisotopic (exact) mass is 454 g/mol. The fourth-order valence-electron chi connectivity index (χ4n) is 3.92. The normalized spacial score (nSPS) is 14.8. The first-order chi connectivity index (χ1) is 15.8. The number of carboxylic acid groups (broad SMARTS) is 1. The van der Waals surface area contributed by atoms with Crippen molar-refractivity contribution in [1.29, 1.82) is 0 Å². The fourth-order valence-corrected chi connectivity index (χ4v) is 3.92. The van der Waals surface area contributed by atoms with Crippen molar-refractivity contribution in [3.8, 4) is 0 Å². The zero-order valence-corrected chi connectivity index (χ0v) is 18.9. The van der Waals surface area contributed by atoms with Gasteiger partial charge >= 0.3 is 12.1 Å². The van der Waals surface area contributed by atoms with E-state index in [-0.39, 0.29) is 12.5 Å². The molecule has 9 heteroatoms. The Morgan fingerprint density at radius 1 is 1.09 bits per heavy atom. The quantitative estimate of drug-likeness (QED) is 0.573. The summed E-state index contributed by atoms with van der Waals surface area (Å²) in [5.41, 5.74) is 9.64. The molecular formula is C24H30N4O5. The Bertz CT molecular complexity index is 1010. The van der Waals surface area contributed by atoms with Crippen molar-refractivity contribution in [1.82, 2.24) is 10.2 Å². The summed E-state index contributed by atoms with van der Waals surface area (Å²) in [6.45, 7) is 4.38. The zero-order valence-electron chi connectivity index (χ0n) is 18.9. The van der Waals surface area contributed by atoms with Gasteiger partial charge in [0.1, 0.15) is 0 Å². The lowest BCUT2D eigenvalue weighted by Gasteiger charge is -2.25. The van der Waals surface area contributed by atoms with Crippen molar-refractivity contribution in [3.05, 3.63) is 59.2 Å². The summed E-state index contributed by atoms with van der Waals surface area (Å²) in [7, 11) is 1.37. The molecule has 0 aromatic heterocycles. The second-order valence-corrected chi connectivity index (χ2v) is 8.11. The van der Waals surface area contributed by atoms with Gasteiger partial charge in [0.15, 0.2) is 0 Å². The topological polar surface area (TPSA) is 125 Å². The summed E-state index contributed by atoms with van der Waals surface area (Å²) in [5, 5.41) is 12.1. The standard InChI is InChI=1S/C24H30N4O5/c1-16-4-6-17(7-5-16)20(15-22(29)30)26-23(31)18-8-9-21(19(25)14-18)27-10-3-11-28(13-12-27)24(32)33-2/h4-9,14,20H,3,10-13,15,25H2,1-2H3,(H,26,31)(H,29,30). The van der Waals surface area contributed by atoms with E-state index in [1.54, 1.807) is 23.1 Å². The van der Waals surface area contributed by atoms with Crippen LogP contribution in [0.1, 0.15) is 40.4 Å². The van der Waals surface area contributed by atoms with E-state index in [2.05, 4.69) is 10.2 Å². The average Bonchev–Trinajstić information content (AvgIpc) is 3.04. The molecule has 0 saturated carbocycles. The van der Waals surface area contributed by atoms with E-state index in [4.69, 9.17) is 10.5 Å². The summed E-state index contributed by atoms with van der Waals surface area (Å²) in [6.07, 6.45) is 0.193. The highest BCUT2D eigenvalue weighted by Crippen LogP contribution is 2.26. The van der Waals surface area contributed by atoms with Crippen molar-refractivity contribution < 1.29 is 24.2 Å². The number of rotatable bonds is 6. The molecule has 176 valence electrons. The lowest BCUT2D eigenvalue weighted by molar-refractivity contribution is -0.137. The highest BCUT2D eigenvalue weighted by Gasteiger charge is 2.22. The number of nitrogen functional groups attached to an aromatic ring is 1. The third-order valence-corrected chi connectivity index (χ3v) is 5.72. The minimum atomic E-state index is -1.00. The predicted molar refractivity (Wildman–Crippen MR) is 125 cm³/mol. The first-order valence-electron chi connectivity index (χ1n) is 10.8. The number of nitrogens with one attached hydrogen (secondary N) is 1. The van der Waals surface area contributed by atoms with E-state index in [0.717, 1.165) is 29.8 Å². The number of aryl methyl sites for hydroxylation is 1. The number of nitrogens with zero attached hydrogens (tertiary/aromatic N) is 2. The molecule has 2 aromatic rings. The van der Waals surface area contributed by atoms with Crippen LogP contribution in [0, 0.1) is 6.92 Å². The molecule has 2 amide bonds. The molecule has 0 radical (unpaired) electrons. The lowest BCUT2D eigenvalue weighted by atomic mass is 10.0. The maximum atomic E-state index is 12.9. The van der Waals surface area contributed by atoms with Crippen LogP contribution in [0.5, 0.6) is 0 Å².